The standard InChI is InChI=1S/C22H23NO5S/c1-22(2,3)21(26)23-11-16-8-9-19(29-16)17(24)13-28-20(25)15-10-14-6-4-5-7-18(14)27-12-15/h4-10H,11-13H2,1-3H3,(H,23,26). The second-order valence-corrected chi connectivity index (χ2v) is 8.86. The van der Waals surface area contributed by atoms with Gasteiger partial charge < -0.3 is 14.8 Å². The van der Waals surface area contributed by atoms with Crippen molar-refractivity contribution in [2.75, 3.05) is 13.2 Å². The van der Waals surface area contributed by atoms with E-state index in [0.29, 0.717) is 22.7 Å². The van der Waals surface area contributed by atoms with Gasteiger partial charge in [-0.05, 0) is 24.3 Å². The maximum atomic E-state index is 12.3. The third kappa shape index (κ3) is 5.32. The first-order valence-electron chi connectivity index (χ1n) is 9.24. The van der Waals surface area contributed by atoms with Crippen LogP contribution in [0.4, 0.5) is 0 Å². The number of amides is 1. The summed E-state index contributed by atoms with van der Waals surface area (Å²) >= 11 is 1.28. The number of esters is 1. The van der Waals surface area contributed by atoms with Gasteiger partial charge in [-0.2, -0.15) is 0 Å². The van der Waals surface area contributed by atoms with Crippen LogP contribution in [0.2, 0.25) is 0 Å². The lowest BCUT2D eigenvalue weighted by Crippen LogP contribution is -2.34. The second kappa shape index (κ2) is 8.61. The van der Waals surface area contributed by atoms with Crippen LogP contribution in [0.5, 0.6) is 5.75 Å². The SMILES string of the molecule is CC(C)(C)C(=O)NCc1ccc(C(=O)COC(=O)C2=Cc3ccccc3OC2)s1. The fourth-order valence-electron chi connectivity index (χ4n) is 2.58. The number of carbonyl (C=O) groups excluding carboxylic acids is 3. The van der Waals surface area contributed by atoms with Crippen molar-refractivity contribution in [3.63, 3.8) is 0 Å². The molecule has 1 aliphatic heterocycles. The Morgan fingerprint density at radius 1 is 1.14 bits per heavy atom. The summed E-state index contributed by atoms with van der Waals surface area (Å²) in [4.78, 5) is 37.9. The van der Waals surface area contributed by atoms with E-state index in [4.69, 9.17) is 9.47 Å². The van der Waals surface area contributed by atoms with E-state index >= 15 is 0 Å². The van der Waals surface area contributed by atoms with Crippen LogP contribution in [-0.2, 0) is 20.9 Å². The fraction of sp³-hybridized carbons (Fsp3) is 0.318. The molecule has 0 saturated heterocycles. The lowest BCUT2D eigenvalue weighted by atomic mass is 9.96. The zero-order chi connectivity index (χ0) is 21.0. The molecule has 6 nitrogen and oxygen atoms in total. The predicted octanol–water partition coefficient (Wildman–Crippen LogP) is 3.61. The van der Waals surface area contributed by atoms with E-state index < -0.39 is 11.4 Å². The van der Waals surface area contributed by atoms with Gasteiger partial charge in [0.2, 0.25) is 11.7 Å². The van der Waals surface area contributed by atoms with Crippen LogP contribution in [0, 0.1) is 5.41 Å². The number of thiophene rings is 1. The van der Waals surface area contributed by atoms with Crippen LogP contribution >= 0.6 is 11.3 Å². The van der Waals surface area contributed by atoms with Gasteiger partial charge >= 0.3 is 5.97 Å². The van der Waals surface area contributed by atoms with Crippen LogP contribution < -0.4 is 10.1 Å². The number of rotatable bonds is 6. The fourth-order valence-corrected chi connectivity index (χ4v) is 3.46. The Labute approximate surface area is 173 Å². The molecular weight excluding hydrogens is 390 g/mol. The number of Topliss-reactive ketones (excluding diaryl/α,β-unsaturated/α-hetero) is 1. The van der Waals surface area contributed by atoms with E-state index in [-0.39, 0.29) is 24.9 Å². The van der Waals surface area contributed by atoms with Gasteiger partial charge in [-0.3, -0.25) is 9.59 Å². The molecule has 1 amide bonds. The Bertz CT molecular complexity index is 968. The summed E-state index contributed by atoms with van der Waals surface area (Å²) < 4.78 is 10.7. The normalized spacial score (nSPS) is 13.0. The molecule has 7 heteroatoms. The molecule has 0 bridgehead atoms. The number of hydrogen-bond donors (Lipinski definition) is 1. The zero-order valence-electron chi connectivity index (χ0n) is 16.6. The van der Waals surface area contributed by atoms with Gasteiger partial charge in [-0.1, -0.05) is 39.0 Å². The smallest absolute Gasteiger partial charge is 0.337 e. The van der Waals surface area contributed by atoms with Crippen molar-refractivity contribution in [3.8, 4) is 5.75 Å². The molecular formula is C22H23NO5S. The Hall–Kier alpha value is -2.93. The van der Waals surface area contributed by atoms with Gasteiger partial charge in [0, 0.05) is 15.9 Å². The van der Waals surface area contributed by atoms with Crippen LogP contribution in [-0.4, -0.2) is 30.9 Å². The van der Waals surface area contributed by atoms with E-state index in [1.165, 1.54) is 11.3 Å². The molecule has 0 aliphatic carbocycles. The van der Waals surface area contributed by atoms with Crippen molar-refractivity contribution in [1.82, 2.24) is 5.32 Å². The molecule has 0 spiro atoms. The minimum atomic E-state index is -0.568. The monoisotopic (exact) mass is 413 g/mol. The summed E-state index contributed by atoms with van der Waals surface area (Å²) in [6.45, 7) is 5.65. The van der Waals surface area contributed by atoms with E-state index in [0.717, 1.165) is 10.4 Å². The minimum absolute atomic E-state index is 0.0581. The topological polar surface area (TPSA) is 81.7 Å². The van der Waals surface area contributed by atoms with Crippen LogP contribution in [0.15, 0.2) is 42.0 Å². The van der Waals surface area contributed by atoms with Crippen molar-refractivity contribution < 1.29 is 23.9 Å². The molecule has 1 aromatic carbocycles. The van der Waals surface area contributed by atoms with Crippen molar-refractivity contribution in [1.29, 1.82) is 0 Å². The Morgan fingerprint density at radius 2 is 1.90 bits per heavy atom. The Morgan fingerprint density at radius 3 is 2.66 bits per heavy atom. The number of benzene rings is 1. The first kappa shape index (κ1) is 20.8. The minimum Gasteiger partial charge on any atom is -0.488 e. The molecule has 0 atom stereocenters. The third-order valence-electron chi connectivity index (χ3n) is 4.27. The highest BCUT2D eigenvalue weighted by Gasteiger charge is 2.22. The molecule has 0 radical (unpaired) electrons. The van der Waals surface area contributed by atoms with Crippen LogP contribution in [0.1, 0.15) is 40.9 Å². The molecule has 1 aromatic heterocycles. The summed E-state index contributed by atoms with van der Waals surface area (Å²) in [5.41, 5.74) is 0.702. The van der Waals surface area contributed by atoms with Gasteiger partial charge in [-0.15, -0.1) is 11.3 Å². The van der Waals surface area contributed by atoms with E-state index in [2.05, 4.69) is 5.32 Å². The average Bonchev–Trinajstić information content (AvgIpc) is 3.18. The number of fused-ring (bicyclic) bond motifs is 1. The molecule has 1 N–H and O–H groups in total. The summed E-state index contributed by atoms with van der Waals surface area (Å²) in [5, 5.41) is 2.85. The van der Waals surface area contributed by atoms with Gasteiger partial charge in [-0.25, -0.2) is 4.79 Å². The molecule has 0 fully saturated rings. The van der Waals surface area contributed by atoms with Crippen molar-refractivity contribution in [2.24, 2.45) is 5.41 Å². The molecule has 0 saturated carbocycles. The lowest BCUT2D eigenvalue weighted by Gasteiger charge is -2.17. The number of nitrogens with one attached hydrogen (secondary N) is 1. The maximum absolute atomic E-state index is 12.3. The Balaban J connectivity index is 1.52. The van der Waals surface area contributed by atoms with Crippen LogP contribution in [0.3, 0.4) is 0 Å². The van der Waals surface area contributed by atoms with Gasteiger partial charge in [0.15, 0.2) is 6.61 Å². The molecule has 2 heterocycles. The number of para-hydroxylation sites is 1. The van der Waals surface area contributed by atoms with Gasteiger partial charge in [0.1, 0.15) is 12.4 Å². The predicted molar refractivity (Wildman–Crippen MR) is 111 cm³/mol. The molecule has 29 heavy (non-hydrogen) atoms. The van der Waals surface area contributed by atoms with E-state index in [9.17, 15) is 14.4 Å². The van der Waals surface area contributed by atoms with E-state index in [1.807, 2.05) is 45.0 Å². The van der Waals surface area contributed by atoms with Gasteiger partial charge in [0.25, 0.3) is 0 Å². The molecule has 1 aliphatic rings. The third-order valence-corrected chi connectivity index (χ3v) is 5.40. The first-order valence-corrected chi connectivity index (χ1v) is 10.1. The lowest BCUT2D eigenvalue weighted by molar-refractivity contribution is -0.138. The largest absolute Gasteiger partial charge is 0.488 e. The number of hydrogen-bond acceptors (Lipinski definition) is 6. The average molecular weight is 413 g/mol. The maximum Gasteiger partial charge on any atom is 0.337 e. The molecule has 152 valence electrons. The first-order chi connectivity index (χ1) is 13.7. The molecule has 0 unspecified atom stereocenters. The molecule has 3 rings (SSSR count). The number of ether oxygens (including phenoxy) is 2. The van der Waals surface area contributed by atoms with Crippen LogP contribution in [0.25, 0.3) is 6.08 Å². The highest BCUT2D eigenvalue weighted by atomic mass is 32.1. The quantitative estimate of drug-likeness (QED) is 0.578. The van der Waals surface area contributed by atoms with E-state index in [1.54, 1.807) is 18.2 Å². The second-order valence-electron chi connectivity index (χ2n) is 7.69. The Kier molecular flexibility index (Phi) is 6.17. The number of carbonyl (C=O) groups is 3. The zero-order valence-corrected chi connectivity index (χ0v) is 17.4. The highest BCUT2D eigenvalue weighted by molar-refractivity contribution is 7.14. The highest BCUT2D eigenvalue weighted by Crippen LogP contribution is 2.26. The van der Waals surface area contributed by atoms with Crippen molar-refractivity contribution >= 4 is 35.1 Å². The number of ketones is 1. The van der Waals surface area contributed by atoms with Gasteiger partial charge in [0.05, 0.1) is 17.0 Å². The summed E-state index contributed by atoms with van der Waals surface area (Å²) in [6, 6.07) is 10.9. The summed E-state index contributed by atoms with van der Waals surface area (Å²) in [5.74, 6) is -0.196. The summed E-state index contributed by atoms with van der Waals surface area (Å²) in [6.07, 6.45) is 1.72. The van der Waals surface area contributed by atoms with Crippen molar-refractivity contribution in [3.05, 3.63) is 57.3 Å². The van der Waals surface area contributed by atoms with Crippen molar-refractivity contribution in [2.45, 2.75) is 27.3 Å². The summed E-state index contributed by atoms with van der Waals surface area (Å²) in [7, 11) is 0. The molecule has 2 aromatic rings.